The third-order valence-electron chi connectivity index (χ3n) is 6.07. The van der Waals surface area contributed by atoms with Gasteiger partial charge in [0.1, 0.15) is 11.5 Å². The lowest BCUT2D eigenvalue weighted by molar-refractivity contribution is 0.230. The molecule has 1 saturated heterocycles. The number of unbranched alkanes of at least 4 members (excludes halogenated alkanes) is 1. The van der Waals surface area contributed by atoms with Gasteiger partial charge in [0.05, 0.1) is 19.9 Å². The Morgan fingerprint density at radius 2 is 1.83 bits per heavy atom. The highest BCUT2D eigenvalue weighted by atomic mass is 16.5. The number of ether oxygens (including phenoxy) is 2. The van der Waals surface area contributed by atoms with Gasteiger partial charge in [0, 0.05) is 31.2 Å². The Kier molecular flexibility index (Phi) is 7.63. The highest BCUT2D eigenvalue weighted by molar-refractivity contribution is 5.59. The van der Waals surface area contributed by atoms with Crippen molar-refractivity contribution >= 4 is 5.69 Å². The third kappa shape index (κ3) is 5.08. The summed E-state index contributed by atoms with van der Waals surface area (Å²) < 4.78 is 11.1. The Morgan fingerprint density at radius 1 is 1.07 bits per heavy atom. The van der Waals surface area contributed by atoms with Gasteiger partial charge in [-0.05, 0) is 49.1 Å². The van der Waals surface area contributed by atoms with Gasteiger partial charge < -0.3 is 19.4 Å². The molecule has 0 unspecified atom stereocenters. The van der Waals surface area contributed by atoms with E-state index in [0.29, 0.717) is 0 Å². The minimum absolute atomic E-state index is 0.0294. The van der Waals surface area contributed by atoms with E-state index >= 15 is 0 Å². The molecule has 1 aliphatic rings. The van der Waals surface area contributed by atoms with Gasteiger partial charge in [0.15, 0.2) is 0 Å². The first kappa shape index (κ1) is 22.0. The Bertz CT molecular complexity index is 829. The summed E-state index contributed by atoms with van der Waals surface area (Å²) in [6, 6.07) is 16.7. The number of nitrogens with zero attached hydrogens (tertiary/aromatic N) is 2. The first-order chi connectivity index (χ1) is 14.6. The molecule has 1 aliphatic heterocycles. The van der Waals surface area contributed by atoms with Crippen molar-refractivity contribution in [1.82, 2.24) is 5.01 Å². The van der Waals surface area contributed by atoms with Crippen LogP contribution in [-0.4, -0.2) is 38.9 Å². The van der Waals surface area contributed by atoms with E-state index in [1.165, 1.54) is 5.56 Å². The molecule has 0 radical (unpaired) electrons. The molecule has 162 valence electrons. The lowest BCUT2D eigenvalue weighted by atomic mass is 9.72. The summed E-state index contributed by atoms with van der Waals surface area (Å²) in [4.78, 5) is 2.42. The second-order valence-corrected chi connectivity index (χ2v) is 8.02. The fourth-order valence-corrected chi connectivity index (χ4v) is 4.34. The van der Waals surface area contributed by atoms with Crippen molar-refractivity contribution in [2.75, 3.05) is 38.8 Å². The van der Waals surface area contributed by atoms with Gasteiger partial charge in [0.25, 0.3) is 0 Å². The van der Waals surface area contributed by atoms with Crippen LogP contribution in [0.1, 0.15) is 38.2 Å². The van der Waals surface area contributed by atoms with Crippen LogP contribution in [0, 0.1) is 0 Å². The first-order valence-corrected chi connectivity index (χ1v) is 10.8. The molecule has 0 aromatic heterocycles. The minimum atomic E-state index is -0.0294. The number of allylic oxidation sites excluding steroid dienone is 1. The molecule has 1 heterocycles. The number of nitrogens with two attached hydrogens (primary N) is 1. The van der Waals surface area contributed by atoms with Crippen molar-refractivity contribution in [3.8, 4) is 11.5 Å². The zero-order chi connectivity index (χ0) is 21.4. The molecule has 0 spiro atoms. The summed E-state index contributed by atoms with van der Waals surface area (Å²) in [5.41, 5.74) is 2.42. The van der Waals surface area contributed by atoms with Crippen LogP contribution < -0.4 is 20.2 Å². The summed E-state index contributed by atoms with van der Waals surface area (Å²) >= 11 is 0. The molecule has 1 fully saturated rings. The summed E-state index contributed by atoms with van der Waals surface area (Å²) in [5.74, 6) is 8.23. The van der Waals surface area contributed by atoms with Gasteiger partial charge in [0.2, 0.25) is 0 Å². The van der Waals surface area contributed by atoms with E-state index in [4.69, 9.17) is 15.3 Å². The van der Waals surface area contributed by atoms with Crippen molar-refractivity contribution < 1.29 is 9.47 Å². The van der Waals surface area contributed by atoms with Crippen molar-refractivity contribution in [2.45, 2.75) is 38.0 Å². The molecule has 0 bridgehead atoms. The fourth-order valence-electron chi connectivity index (χ4n) is 4.34. The number of hydrazine groups is 1. The number of hydrogen-bond donors (Lipinski definition) is 1. The number of rotatable bonds is 9. The van der Waals surface area contributed by atoms with E-state index in [9.17, 15) is 0 Å². The quantitative estimate of drug-likeness (QED) is 0.479. The molecule has 30 heavy (non-hydrogen) atoms. The fraction of sp³-hybridized carbons (Fsp3) is 0.440. The summed E-state index contributed by atoms with van der Waals surface area (Å²) in [7, 11) is 3.46. The lowest BCUT2D eigenvalue weighted by Gasteiger charge is -2.45. The highest BCUT2D eigenvalue weighted by Gasteiger charge is 2.38. The van der Waals surface area contributed by atoms with Gasteiger partial charge in [-0.25, -0.2) is 5.84 Å². The van der Waals surface area contributed by atoms with E-state index in [2.05, 4.69) is 48.2 Å². The summed E-state index contributed by atoms with van der Waals surface area (Å²) in [6.07, 6.45) is 8.36. The number of anilines is 1. The van der Waals surface area contributed by atoms with Crippen molar-refractivity contribution in [1.29, 1.82) is 0 Å². The van der Waals surface area contributed by atoms with Crippen molar-refractivity contribution in [2.24, 2.45) is 5.84 Å². The first-order valence-electron chi connectivity index (χ1n) is 10.8. The smallest absolute Gasteiger partial charge is 0.142 e. The average molecular weight is 410 g/mol. The minimum Gasteiger partial charge on any atom is -0.497 e. The molecule has 2 N–H and O–H groups in total. The van der Waals surface area contributed by atoms with Crippen LogP contribution >= 0.6 is 0 Å². The number of para-hydroxylation sites is 2. The molecule has 5 nitrogen and oxygen atoms in total. The maximum atomic E-state index is 6.41. The van der Waals surface area contributed by atoms with Crippen molar-refractivity contribution in [3.63, 3.8) is 0 Å². The topological polar surface area (TPSA) is 51.0 Å². The average Bonchev–Trinajstić information content (AvgIpc) is 2.79. The maximum Gasteiger partial charge on any atom is 0.142 e. The number of piperidine rings is 1. The van der Waals surface area contributed by atoms with Gasteiger partial charge in [-0.15, -0.1) is 0 Å². The predicted molar refractivity (Wildman–Crippen MR) is 124 cm³/mol. The summed E-state index contributed by atoms with van der Waals surface area (Å²) in [6.45, 7) is 4.85. The van der Waals surface area contributed by atoms with Crippen molar-refractivity contribution in [3.05, 3.63) is 66.4 Å². The molecular formula is C25H35N3O2. The second-order valence-electron chi connectivity index (χ2n) is 8.02. The van der Waals surface area contributed by atoms with E-state index in [-0.39, 0.29) is 5.41 Å². The van der Waals surface area contributed by atoms with Crippen LogP contribution in [0.15, 0.2) is 60.8 Å². The number of methoxy groups -OCH3 is 2. The lowest BCUT2D eigenvalue weighted by Crippen LogP contribution is -2.49. The zero-order valence-electron chi connectivity index (χ0n) is 18.5. The monoisotopic (exact) mass is 409 g/mol. The van der Waals surface area contributed by atoms with Crippen LogP contribution in [-0.2, 0) is 5.41 Å². The van der Waals surface area contributed by atoms with Gasteiger partial charge >= 0.3 is 0 Å². The van der Waals surface area contributed by atoms with E-state index in [1.807, 2.05) is 29.4 Å². The largest absolute Gasteiger partial charge is 0.497 e. The highest BCUT2D eigenvalue weighted by Crippen LogP contribution is 2.40. The Balaban J connectivity index is 1.84. The third-order valence-corrected chi connectivity index (χ3v) is 6.07. The van der Waals surface area contributed by atoms with Crippen LogP contribution in [0.25, 0.3) is 0 Å². The van der Waals surface area contributed by atoms with Crippen LogP contribution in [0.5, 0.6) is 11.5 Å². The molecule has 0 saturated carbocycles. The number of benzene rings is 2. The van der Waals surface area contributed by atoms with E-state index in [1.54, 1.807) is 14.2 Å². The molecule has 0 aliphatic carbocycles. The Morgan fingerprint density at radius 3 is 2.53 bits per heavy atom. The van der Waals surface area contributed by atoms with E-state index < -0.39 is 0 Å². The Labute approximate surface area is 181 Å². The summed E-state index contributed by atoms with van der Waals surface area (Å²) in [5, 5.41) is 1.86. The zero-order valence-corrected chi connectivity index (χ0v) is 18.5. The Hall–Kier alpha value is -2.66. The van der Waals surface area contributed by atoms with Crippen LogP contribution in [0.4, 0.5) is 5.69 Å². The van der Waals surface area contributed by atoms with Gasteiger partial charge in [-0.3, -0.25) is 0 Å². The van der Waals surface area contributed by atoms with E-state index in [0.717, 1.165) is 62.5 Å². The molecular weight excluding hydrogens is 374 g/mol. The molecule has 2 aromatic rings. The maximum absolute atomic E-state index is 6.41. The standard InChI is InChI=1S/C25H35N3O2/c1-4-5-8-16-28(26)20-25(21-10-9-11-22(19-21)29-2)14-17-27(18-15-25)23-12-6-7-13-24(23)30-3/h6-13,16,19H,4-5,14-15,17-18,20,26H2,1-3H3/b16-8+. The van der Waals surface area contributed by atoms with Crippen LogP contribution in [0.3, 0.4) is 0 Å². The molecule has 0 atom stereocenters. The van der Waals surface area contributed by atoms with Gasteiger partial charge in [-0.1, -0.05) is 43.7 Å². The predicted octanol–water partition coefficient (Wildman–Crippen LogP) is 4.73. The normalized spacial score (nSPS) is 15.9. The molecule has 2 aromatic carbocycles. The second kappa shape index (κ2) is 10.4. The van der Waals surface area contributed by atoms with Gasteiger partial charge in [-0.2, -0.15) is 0 Å². The number of hydrogen-bond acceptors (Lipinski definition) is 5. The molecule has 3 rings (SSSR count). The SMILES string of the molecule is CCC/C=C/N(N)CC1(c2cccc(OC)c2)CCN(c2ccccc2OC)CC1. The molecule has 0 amide bonds. The molecule has 5 heteroatoms. The van der Waals surface area contributed by atoms with Crippen LogP contribution in [0.2, 0.25) is 0 Å².